The van der Waals surface area contributed by atoms with Crippen molar-refractivity contribution in [2.24, 2.45) is 10.2 Å². The van der Waals surface area contributed by atoms with Gasteiger partial charge in [0.05, 0.1) is 11.8 Å². The van der Waals surface area contributed by atoms with Crippen molar-refractivity contribution < 1.29 is 9.90 Å². The summed E-state index contributed by atoms with van der Waals surface area (Å²) in [5, 5.41) is 19.9. The molecule has 0 amide bonds. The van der Waals surface area contributed by atoms with Crippen LogP contribution in [0.25, 0.3) is 10.8 Å². The summed E-state index contributed by atoms with van der Waals surface area (Å²) in [4.78, 5) is 10.9. The van der Waals surface area contributed by atoms with E-state index in [4.69, 9.17) is 0 Å². The molecule has 3 aromatic carbocycles. The molecule has 0 saturated carbocycles. The van der Waals surface area contributed by atoms with Crippen molar-refractivity contribution in [1.82, 2.24) is 0 Å². The van der Waals surface area contributed by atoms with Crippen molar-refractivity contribution >= 4 is 28.4 Å². The lowest BCUT2D eigenvalue weighted by Gasteiger charge is -1.99. The van der Waals surface area contributed by atoms with Crippen LogP contribution in [-0.4, -0.2) is 11.4 Å². The SMILES string of the molecule is O=[C+]c1cc2ccccc2c(N=Nc2ccccc2)c1O. The van der Waals surface area contributed by atoms with E-state index in [1.165, 1.54) is 0 Å². The highest BCUT2D eigenvalue weighted by Gasteiger charge is 2.21. The molecule has 3 aromatic rings. The van der Waals surface area contributed by atoms with Crippen molar-refractivity contribution in [1.29, 1.82) is 0 Å². The van der Waals surface area contributed by atoms with E-state index in [2.05, 4.69) is 10.2 Å². The maximum Gasteiger partial charge on any atom is 0.307 e. The summed E-state index contributed by atoms with van der Waals surface area (Å²) in [6, 6.07) is 18.1. The molecule has 1 N–H and O–H groups in total. The summed E-state index contributed by atoms with van der Waals surface area (Å²) < 4.78 is 0. The average Bonchev–Trinajstić information content (AvgIpc) is 2.54. The number of hydrogen-bond acceptors (Lipinski definition) is 4. The first-order chi connectivity index (χ1) is 10.3. The number of azo groups is 1. The van der Waals surface area contributed by atoms with Gasteiger partial charge < -0.3 is 5.11 Å². The first kappa shape index (κ1) is 12.9. The number of aromatic hydroxyl groups is 1. The number of hydrogen-bond donors (Lipinski definition) is 1. The van der Waals surface area contributed by atoms with E-state index in [0.717, 1.165) is 10.8 Å². The fraction of sp³-hybridized carbons (Fsp3) is 0. The molecule has 100 valence electrons. The van der Waals surface area contributed by atoms with Crippen LogP contribution in [0, 0.1) is 0 Å². The zero-order chi connectivity index (χ0) is 14.7. The molecule has 0 radical (unpaired) electrons. The Morgan fingerprint density at radius 3 is 2.38 bits per heavy atom. The van der Waals surface area contributed by atoms with Gasteiger partial charge in [0.15, 0.2) is 5.69 Å². The molecule has 0 fully saturated rings. The lowest BCUT2D eigenvalue weighted by Crippen LogP contribution is -1.84. The molecule has 0 heterocycles. The van der Waals surface area contributed by atoms with Crippen LogP contribution in [0.2, 0.25) is 0 Å². The van der Waals surface area contributed by atoms with Crippen LogP contribution in [0.1, 0.15) is 5.56 Å². The number of carbonyl (C=O) groups excluding carboxylic acids is 1. The van der Waals surface area contributed by atoms with Gasteiger partial charge >= 0.3 is 6.29 Å². The predicted molar refractivity (Wildman–Crippen MR) is 81.0 cm³/mol. The molecule has 0 atom stereocenters. The van der Waals surface area contributed by atoms with Crippen molar-refractivity contribution in [2.45, 2.75) is 0 Å². The van der Waals surface area contributed by atoms with Crippen LogP contribution in [0.5, 0.6) is 5.75 Å². The molecule has 0 bridgehead atoms. The van der Waals surface area contributed by atoms with E-state index in [-0.39, 0.29) is 17.0 Å². The van der Waals surface area contributed by atoms with E-state index in [9.17, 15) is 9.90 Å². The Morgan fingerprint density at radius 1 is 0.905 bits per heavy atom. The summed E-state index contributed by atoms with van der Waals surface area (Å²) >= 11 is 0. The van der Waals surface area contributed by atoms with Crippen LogP contribution in [0.4, 0.5) is 11.4 Å². The van der Waals surface area contributed by atoms with Gasteiger partial charge in [0.2, 0.25) is 0 Å². The van der Waals surface area contributed by atoms with Gasteiger partial charge in [-0.1, -0.05) is 30.3 Å². The molecule has 0 spiro atoms. The van der Waals surface area contributed by atoms with Crippen LogP contribution >= 0.6 is 0 Å². The van der Waals surface area contributed by atoms with Crippen LogP contribution in [-0.2, 0) is 4.79 Å². The van der Waals surface area contributed by atoms with Crippen molar-refractivity contribution in [3.63, 3.8) is 0 Å². The summed E-state index contributed by atoms with van der Waals surface area (Å²) in [7, 11) is 0. The molecule has 0 aliphatic carbocycles. The smallest absolute Gasteiger partial charge is 0.307 e. The third-order valence-electron chi connectivity index (χ3n) is 3.13. The molecular weight excluding hydrogens is 264 g/mol. The highest BCUT2D eigenvalue weighted by molar-refractivity contribution is 6.01. The maximum absolute atomic E-state index is 10.9. The van der Waals surface area contributed by atoms with Gasteiger partial charge in [-0.05, 0) is 24.3 Å². The molecule has 0 aliphatic rings. The largest absolute Gasteiger partial charge is 0.446 e. The minimum absolute atomic E-state index is 0.0794. The minimum atomic E-state index is -0.205. The second kappa shape index (κ2) is 5.49. The third kappa shape index (κ3) is 2.48. The number of phenolic OH excluding ortho intramolecular Hbond substituents is 1. The van der Waals surface area contributed by atoms with Gasteiger partial charge in [-0.2, -0.15) is 0 Å². The number of phenols is 1. The minimum Gasteiger partial charge on any atom is -0.446 e. The Labute approximate surface area is 121 Å². The molecule has 0 aromatic heterocycles. The summed E-state index contributed by atoms with van der Waals surface area (Å²) in [6.07, 6.45) is 1.72. The Kier molecular flexibility index (Phi) is 3.37. The first-order valence-electron chi connectivity index (χ1n) is 6.39. The predicted octanol–water partition coefficient (Wildman–Crippen LogP) is 4.42. The van der Waals surface area contributed by atoms with Crippen molar-refractivity contribution in [3.8, 4) is 5.75 Å². The Balaban J connectivity index is 2.18. The molecular formula is C17H11N2O2+. The molecule has 4 nitrogen and oxygen atoms in total. The number of benzene rings is 3. The Bertz CT molecular complexity index is 827. The normalized spacial score (nSPS) is 10.9. The second-order valence-corrected chi connectivity index (χ2v) is 4.48. The number of fused-ring (bicyclic) bond motifs is 1. The standard InChI is InChI=1S/C17H10N2O2/c20-11-13-10-12-6-4-5-9-15(12)16(17(13)21)19-18-14-7-2-1-3-8-14/h1-10H/p+1. The molecule has 0 aliphatic heterocycles. The summed E-state index contributed by atoms with van der Waals surface area (Å²) in [5.74, 6) is -0.205. The summed E-state index contributed by atoms with van der Waals surface area (Å²) in [5.41, 5.74) is 1.02. The Morgan fingerprint density at radius 2 is 1.62 bits per heavy atom. The molecule has 3 rings (SSSR count). The number of nitrogens with zero attached hydrogens (tertiary/aromatic N) is 2. The quantitative estimate of drug-likeness (QED) is 0.568. The molecule has 4 heteroatoms. The lowest BCUT2D eigenvalue weighted by molar-refractivity contribution is 0.474. The maximum atomic E-state index is 10.9. The van der Waals surface area contributed by atoms with Crippen molar-refractivity contribution in [3.05, 3.63) is 66.2 Å². The summed E-state index contributed by atoms with van der Waals surface area (Å²) in [6.45, 7) is 0. The lowest BCUT2D eigenvalue weighted by atomic mass is 10.0. The van der Waals surface area contributed by atoms with E-state index in [1.54, 1.807) is 24.5 Å². The topological polar surface area (TPSA) is 62.0 Å². The van der Waals surface area contributed by atoms with Crippen LogP contribution in [0.15, 0.2) is 70.9 Å². The number of rotatable bonds is 3. The van der Waals surface area contributed by atoms with E-state index < -0.39 is 0 Å². The molecule has 0 unspecified atom stereocenters. The van der Waals surface area contributed by atoms with Gasteiger partial charge in [-0.3, -0.25) is 0 Å². The zero-order valence-electron chi connectivity index (χ0n) is 11.0. The van der Waals surface area contributed by atoms with Crippen molar-refractivity contribution in [2.75, 3.05) is 0 Å². The van der Waals surface area contributed by atoms with Gasteiger partial charge in [0.1, 0.15) is 0 Å². The van der Waals surface area contributed by atoms with Crippen LogP contribution < -0.4 is 0 Å². The fourth-order valence-electron chi connectivity index (χ4n) is 2.10. The first-order valence-corrected chi connectivity index (χ1v) is 6.39. The van der Waals surface area contributed by atoms with Gasteiger partial charge in [0, 0.05) is 10.8 Å². The van der Waals surface area contributed by atoms with Gasteiger partial charge in [-0.15, -0.1) is 15.0 Å². The fourth-order valence-corrected chi connectivity index (χ4v) is 2.10. The van der Waals surface area contributed by atoms with Crippen LogP contribution in [0.3, 0.4) is 0 Å². The highest BCUT2D eigenvalue weighted by atomic mass is 16.3. The molecule has 21 heavy (non-hydrogen) atoms. The monoisotopic (exact) mass is 275 g/mol. The molecule has 0 saturated heterocycles. The Hall–Kier alpha value is -3.10. The van der Waals surface area contributed by atoms with E-state index in [1.807, 2.05) is 42.5 Å². The van der Waals surface area contributed by atoms with E-state index in [0.29, 0.717) is 5.69 Å². The third-order valence-corrected chi connectivity index (χ3v) is 3.13. The zero-order valence-corrected chi connectivity index (χ0v) is 11.0. The van der Waals surface area contributed by atoms with Gasteiger partial charge in [-0.25, -0.2) is 0 Å². The second-order valence-electron chi connectivity index (χ2n) is 4.48. The van der Waals surface area contributed by atoms with E-state index >= 15 is 0 Å². The average molecular weight is 275 g/mol. The van der Waals surface area contributed by atoms with Gasteiger partial charge in [0.25, 0.3) is 11.3 Å². The highest BCUT2D eigenvalue weighted by Crippen LogP contribution is 2.38.